The van der Waals surface area contributed by atoms with Crippen LogP contribution in [0.5, 0.6) is 0 Å². The third kappa shape index (κ3) is 41.6. The molecule has 1 atom stereocenters. The zero-order valence-electron chi connectivity index (χ0n) is 37.0. The predicted octanol–water partition coefficient (Wildman–Crippen LogP) is 14.8. The fourth-order valence-electron chi connectivity index (χ4n) is 7.06. The van der Waals surface area contributed by atoms with Crippen molar-refractivity contribution in [2.24, 2.45) is 17.8 Å². The summed E-state index contributed by atoms with van der Waals surface area (Å²) in [5.74, 6) is 1.54. The summed E-state index contributed by atoms with van der Waals surface area (Å²) in [6.07, 6.45) is 36.7. The molecular formula is C48H92O6. The van der Waals surface area contributed by atoms with Gasteiger partial charge in [0.15, 0.2) is 6.10 Å². The van der Waals surface area contributed by atoms with Crippen molar-refractivity contribution in [1.29, 1.82) is 0 Å². The first-order valence-corrected chi connectivity index (χ1v) is 23.6. The summed E-state index contributed by atoms with van der Waals surface area (Å²) in [5.41, 5.74) is 0. The van der Waals surface area contributed by atoms with Gasteiger partial charge >= 0.3 is 17.9 Å². The van der Waals surface area contributed by atoms with Gasteiger partial charge in [0.1, 0.15) is 13.2 Å². The van der Waals surface area contributed by atoms with Gasteiger partial charge in [0.25, 0.3) is 0 Å². The number of hydrogen-bond acceptors (Lipinski definition) is 6. The quantitative estimate of drug-likeness (QED) is 0.0350. The summed E-state index contributed by atoms with van der Waals surface area (Å²) in [6, 6.07) is 0. The topological polar surface area (TPSA) is 78.9 Å². The molecule has 0 rings (SSSR count). The molecule has 0 unspecified atom stereocenters. The molecule has 0 bridgehead atoms. The number of carbonyl (C=O) groups is 3. The minimum Gasteiger partial charge on any atom is -0.462 e. The lowest BCUT2D eigenvalue weighted by molar-refractivity contribution is -0.167. The van der Waals surface area contributed by atoms with Gasteiger partial charge in [-0.25, -0.2) is 0 Å². The summed E-state index contributed by atoms with van der Waals surface area (Å²) in [5, 5.41) is 0. The van der Waals surface area contributed by atoms with Crippen LogP contribution in [0.4, 0.5) is 0 Å². The Morgan fingerprint density at radius 1 is 0.315 bits per heavy atom. The lowest BCUT2D eigenvalue weighted by Crippen LogP contribution is -2.30. The number of unbranched alkanes of at least 4 members (excludes halogenated alkanes) is 24. The molecule has 0 saturated heterocycles. The Morgan fingerprint density at radius 2 is 0.537 bits per heavy atom. The molecular weight excluding hydrogens is 673 g/mol. The Morgan fingerprint density at radius 3 is 0.796 bits per heavy atom. The molecule has 0 radical (unpaired) electrons. The van der Waals surface area contributed by atoms with E-state index >= 15 is 0 Å². The number of ether oxygens (including phenoxy) is 3. The van der Waals surface area contributed by atoms with E-state index in [-0.39, 0.29) is 31.1 Å². The number of esters is 3. The van der Waals surface area contributed by atoms with Gasteiger partial charge in [-0.1, -0.05) is 215 Å². The number of hydrogen-bond donors (Lipinski definition) is 0. The molecule has 0 N–H and O–H groups in total. The van der Waals surface area contributed by atoms with Crippen LogP contribution in [0.3, 0.4) is 0 Å². The standard InChI is InChI=1S/C48H92O6/c1-42(2)34-28-22-16-11-9-7-8-10-12-19-25-31-37-46(49)52-40-45(54-48(51)39-33-27-21-15-18-24-30-36-44(5)6)41-53-47(50)38-32-26-20-14-13-17-23-29-35-43(3)4/h42-45H,7-41H2,1-6H3/t45-/m0/s1. The van der Waals surface area contributed by atoms with Gasteiger partial charge in [0, 0.05) is 19.3 Å². The van der Waals surface area contributed by atoms with Crippen LogP contribution in [-0.2, 0) is 28.6 Å². The highest BCUT2D eigenvalue weighted by Crippen LogP contribution is 2.17. The summed E-state index contributed by atoms with van der Waals surface area (Å²) < 4.78 is 16.7. The average Bonchev–Trinajstić information content (AvgIpc) is 3.12. The van der Waals surface area contributed by atoms with Gasteiger partial charge in [-0.15, -0.1) is 0 Å². The minimum atomic E-state index is -0.762. The lowest BCUT2D eigenvalue weighted by Gasteiger charge is -2.18. The second kappa shape index (κ2) is 39.6. The lowest BCUT2D eigenvalue weighted by atomic mass is 10.0. The molecule has 0 aliphatic carbocycles. The molecule has 0 aliphatic rings. The van der Waals surface area contributed by atoms with Crippen LogP contribution in [0.2, 0.25) is 0 Å². The molecule has 0 aromatic rings. The van der Waals surface area contributed by atoms with Crippen LogP contribution >= 0.6 is 0 Å². The van der Waals surface area contributed by atoms with E-state index in [1.54, 1.807) is 0 Å². The van der Waals surface area contributed by atoms with Crippen LogP contribution in [0.15, 0.2) is 0 Å². The van der Waals surface area contributed by atoms with E-state index in [2.05, 4.69) is 41.5 Å². The van der Waals surface area contributed by atoms with Gasteiger partial charge in [0.05, 0.1) is 0 Å². The largest absolute Gasteiger partial charge is 0.462 e. The van der Waals surface area contributed by atoms with Crippen LogP contribution < -0.4 is 0 Å². The van der Waals surface area contributed by atoms with Crippen molar-refractivity contribution in [2.45, 2.75) is 260 Å². The minimum absolute atomic E-state index is 0.0663. The highest BCUT2D eigenvalue weighted by molar-refractivity contribution is 5.71. The Hall–Kier alpha value is -1.59. The highest BCUT2D eigenvalue weighted by atomic mass is 16.6. The van der Waals surface area contributed by atoms with E-state index in [4.69, 9.17) is 14.2 Å². The second-order valence-electron chi connectivity index (χ2n) is 17.8. The number of carbonyl (C=O) groups excluding carboxylic acids is 3. The van der Waals surface area contributed by atoms with Crippen molar-refractivity contribution in [3.63, 3.8) is 0 Å². The molecule has 0 aliphatic heterocycles. The van der Waals surface area contributed by atoms with E-state index in [1.165, 1.54) is 135 Å². The zero-order chi connectivity index (χ0) is 39.9. The molecule has 0 heterocycles. The molecule has 6 nitrogen and oxygen atoms in total. The first kappa shape index (κ1) is 52.4. The summed E-state index contributed by atoms with van der Waals surface area (Å²) in [7, 11) is 0. The molecule has 0 saturated carbocycles. The van der Waals surface area contributed by atoms with Crippen LogP contribution in [-0.4, -0.2) is 37.2 Å². The smallest absolute Gasteiger partial charge is 0.306 e. The van der Waals surface area contributed by atoms with Gasteiger partial charge < -0.3 is 14.2 Å². The molecule has 0 amide bonds. The second-order valence-corrected chi connectivity index (χ2v) is 17.8. The normalized spacial score (nSPS) is 12.2. The fourth-order valence-corrected chi connectivity index (χ4v) is 7.06. The molecule has 320 valence electrons. The Kier molecular flexibility index (Phi) is 38.5. The van der Waals surface area contributed by atoms with Crippen LogP contribution in [0.25, 0.3) is 0 Å². The van der Waals surface area contributed by atoms with Gasteiger partial charge in [-0.2, -0.15) is 0 Å². The maximum absolute atomic E-state index is 12.7. The van der Waals surface area contributed by atoms with E-state index in [1.807, 2.05) is 0 Å². The molecule has 0 spiro atoms. The SMILES string of the molecule is CC(C)CCCCCCCCCCCCCCC(=O)OC[C@@H](COC(=O)CCCCCCCCCCC(C)C)OC(=O)CCCCCCCCCC(C)C. The van der Waals surface area contributed by atoms with Crippen LogP contribution in [0, 0.1) is 17.8 Å². The third-order valence-electron chi connectivity index (χ3n) is 10.6. The monoisotopic (exact) mass is 765 g/mol. The number of rotatable bonds is 41. The first-order chi connectivity index (χ1) is 26.1. The first-order valence-electron chi connectivity index (χ1n) is 23.6. The highest BCUT2D eigenvalue weighted by Gasteiger charge is 2.19. The van der Waals surface area contributed by atoms with E-state index in [0.29, 0.717) is 19.3 Å². The Balaban J connectivity index is 4.30. The van der Waals surface area contributed by atoms with Gasteiger partial charge in [0.2, 0.25) is 0 Å². The maximum Gasteiger partial charge on any atom is 0.306 e. The van der Waals surface area contributed by atoms with Gasteiger partial charge in [-0.05, 0) is 37.0 Å². The van der Waals surface area contributed by atoms with Crippen molar-refractivity contribution >= 4 is 17.9 Å². The van der Waals surface area contributed by atoms with Crippen molar-refractivity contribution in [3.05, 3.63) is 0 Å². The fraction of sp³-hybridized carbons (Fsp3) is 0.938. The summed E-state index contributed by atoms with van der Waals surface area (Å²) >= 11 is 0. The summed E-state index contributed by atoms with van der Waals surface area (Å²) in [6.45, 7) is 13.6. The molecule has 0 fully saturated rings. The maximum atomic E-state index is 12.7. The van der Waals surface area contributed by atoms with E-state index < -0.39 is 6.10 Å². The van der Waals surface area contributed by atoms with Crippen LogP contribution in [0.1, 0.15) is 253 Å². The molecule has 0 aromatic carbocycles. The van der Waals surface area contributed by atoms with Gasteiger partial charge in [-0.3, -0.25) is 14.4 Å². The summed E-state index contributed by atoms with van der Waals surface area (Å²) in [4.78, 5) is 37.7. The predicted molar refractivity (Wildman–Crippen MR) is 229 cm³/mol. The molecule has 54 heavy (non-hydrogen) atoms. The molecule has 0 aromatic heterocycles. The average molecular weight is 765 g/mol. The third-order valence-corrected chi connectivity index (χ3v) is 10.6. The van der Waals surface area contributed by atoms with E-state index in [0.717, 1.165) is 75.5 Å². The van der Waals surface area contributed by atoms with Crippen molar-refractivity contribution < 1.29 is 28.6 Å². The van der Waals surface area contributed by atoms with E-state index in [9.17, 15) is 14.4 Å². The Labute approximate surface area is 336 Å². The Bertz CT molecular complexity index is 837. The van der Waals surface area contributed by atoms with Crippen molar-refractivity contribution in [3.8, 4) is 0 Å². The molecule has 6 heteroatoms. The van der Waals surface area contributed by atoms with Crippen molar-refractivity contribution in [2.75, 3.05) is 13.2 Å². The zero-order valence-corrected chi connectivity index (χ0v) is 37.0. The van der Waals surface area contributed by atoms with Crippen molar-refractivity contribution in [1.82, 2.24) is 0 Å².